The smallest absolute Gasteiger partial charge is 0.251 e. The Labute approximate surface area is 124 Å². The fourth-order valence-electron chi connectivity index (χ4n) is 1.51. The molecule has 0 spiro atoms. The molecule has 2 heterocycles. The average Bonchev–Trinajstić information content (AvgIpc) is 2.72. The molecule has 0 aliphatic rings. The first-order valence-electron chi connectivity index (χ1n) is 5.94. The van der Waals surface area contributed by atoms with Crippen LogP contribution in [0.4, 0.5) is 0 Å². The van der Waals surface area contributed by atoms with Gasteiger partial charge in [-0.05, 0) is 48.8 Å². The summed E-state index contributed by atoms with van der Waals surface area (Å²) in [5, 5.41) is 3.33. The monoisotopic (exact) mass is 341 g/mol. The Morgan fingerprint density at radius 1 is 1.42 bits per heavy atom. The van der Waals surface area contributed by atoms with Crippen LogP contribution in [-0.2, 0) is 6.54 Å². The van der Waals surface area contributed by atoms with E-state index < -0.39 is 0 Å². The van der Waals surface area contributed by atoms with Crippen molar-refractivity contribution in [1.29, 1.82) is 0 Å². The van der Waals surface area contributed by atoms with Crippen molar-refractivity contribution in [3.63, 3.8) is 0 Å². The fraction of sp³-hybridized carbons (Fsp3) is 0.385. The SMILES string of the molecule is CC(C)(C)NCc1cc(=O)[nH]c(-c2ccc(Br)s2)n1. The summed E-state index contributed by atoms with van der Waals surface area (Å²) in [6.07, 6.45) is 0. The molecule has 0 saturated heterocycles. The lowest BCUT2D eigenvalue weighted by Crippen LogP contribution is -2.35. The maximum atomic E-state index is 11.7. The first kappa shape index (κ1) is 14.4. The van der Waals surface area contributed by atoms with E-state index >= 15 is 0 Å². The molecule has 0 aromatic carbocycles. The largest absolute Gasteiger partial charge is 0.306 e. The van der Waals surface area contributed by atoms with Crippen LogP contribution in [0, 0.1) is 0 Å². The molecule has 0 aliphatic carbocycles. The molecule has 0 unspecified atom stereocenters. The Morgan fingerprint density at radius 2 is 2.16 bits per heavy atom. The van der Waals surface area contributed by atoms with Crippen LogP contribution in [0.5, 0.6) is 0 Å². The molecule has 2 rings (SSSR count). The van der Waals surface area contributed by atoms with E-state index in [-0.39, 0.29) is 11.1 Å². The van der Waals surface area contributed by atoms with Gasteiger partial charge in [-0.3, -0.25) is 4.79 Å². The first-order valence-corrected chi connectivity index (χ1v) is 7.55. The van der Waals surface area contributed by atoms with E-state index in [9.17, 15) is 4.79 Å². The number of aromatic amines is 1. The lowest BCUT2D eigenvalue weighted by molar-refractivity contribution is 0.421. The van der Waals surface area contributed by atoms with Gasteiger partial charge in [0.1, 0.15) is 0 Å². The molecule has 0 aliphatic heterocycles. The van der Waals surface area contributed by atoms with Gasteiger partial charge in [0.15, 0.2) is 5.82 Å². The van der Waals surface area contributed by atoms with Crippen LogP contribution in [0.15, 0.2) is 26.8 Å². The van der Waals surface area contributed by atoms with Gasteiger partial charge in [-0.15, -0.1) is 11.3 Å². The second kappa shape index (κ2) is 5.56. The van der Waals surface area contributed by atoms with Gasteiger partial charge in [-0.1, -0.05) is 0 Å². The van der Waals surface area contributed by atoms with Crippen LogP contribution in [0.25, 0.3) is 10.7 Å². The highest BCUT2D eigenvalue weighted by Crippen LogP contribution is 2.28. The standard InChI is InChI=1S/C13H16BrN3OS/c1-13(2,3)15-7-8-6-11(18)17-12(16-8)9-4-5-10(14)19-9/h4-6,15H,7H2,1-3H3,(H,16,17,18). The number of H-pyrrole nitrogens is 1. The molecule has 0 bridgehead atoms. The van der Waals surface area contributed by atoms with E-state index in [2.05, 4.69) is 52.0 Å². The van der Waals surface area contributed by atoms with E-state index in [0.717, 1.165) is 14.4 Å². The minimum atomic E-state index is -0.125. The molecule has 2 N–H and O–H groups in total. The van der Waals surface area contributed by atoms with Gasteiger partial charge in [0, 0.05) is 18.2 Å². The Bertz CT molecular complexity index is 627. The molecule has 0 fully saturated rings. The zero-order valence-corrected chi connectivity index (χ0v) is 13.5. The third-order valence-corrected chi connectivity index (χ3v) is 4.03. The predicted octanol–water partition coefficient (Wildman–Crippen LogP) is 3.15. The van der Waals surface area contributed by atoms with Gasteiger partial charge >= 0.3 is 0 Å². The number of hydrogen-bond donors (Lipinski definition) is 2. The molecule has 102 valence electrons. The van der Waals surface area contributed by atoms with Crippen LogP contribution in [-0.4, -0.2) is 15.5 Å². The highest BCUT2D eigenvalue weighted by Gasteiger charge is 2.11. The molecular weight excluding hydrogens is 326 g/mol. The summed E-state index contributed by atoms with van der Waals surface area (Å²) in [6.45, 7) is 6.82. The van der Waals surface area contributed by atoms with E-state index in [0.29, 0.717) is 12.4 Å². The molecule has 2 aromatic heterocycles. The maximum Gasteiger partial charge on any atom is 0.251 e. The Kier molecular flexibility index (Phi) is 4.23. The van der Waals surface area contributed by atoms with Crippen LogP contribution < -0.4 is 10.9 Å². The van der Waals surface area contributed by atoms with Crippen molar-refractivity contribution in [3.8, 4) is 10.7 Å². The van der Waals surface area contributed by atoms with Crippen molar-refractivity contribution in [2.45, 2.75) is 32.9 Å². The third-order valence-electron chi connectivity index (χ3n) is 2.40. The third kappa shape index (κ3) is 4.26. The minimum Gasteiger partial charge on any atom is -0.306 e. The van der Waals surface area contributed by atoms with Gasteiger partial charge < -0.3 is 10.3 Å². The first-order chi connectivity index (χ1) is 8.83. The molecule has 2 aromatic rings. The topological polar surface area (TPSA) is 57.8 Å². The van der Waals surface area contributed by atoms with Crippen molar-refractivity contribution in [2.24, 2.45) is 0 Å². The number of nitrogens with zero attached hydrogens (tertiary/aromatic N) is 1. The van der Waals surface area contributed by atoms with Crippen LogP contribution in [0.2, 0.25) is 0 Å². The van der Waals surface area contributed by atoms with E-state index in [1.165, 1.54) is 6.07 Å². The average molecular weight is 342 g/mol. The van der Waals surface area contributed by atoms with E-state index in [1.807, 2.05) is 12.1 Å². The second-order valence-electron chi connectivity index (χ2n) is 5.29. The number of rotatable bonds is 3. The zero-order chi connectivity index (χ0) is 14.0. The van der Waals surface area contributed by atoms with Crippen LogP contribution in [0.1, 0.15) is 26.5 Å². The highest BCUT2D eigenvalue weighted by atomic mass is 79.9. The Balaban J connectivity index is 2.27. The van der Waals surface area contributed by atoms with E-state index in [1.54, 1.807) is 11.3 Å². The fourth-order valence-corrected chi connectivity index (χ4v) is 2.84. The molecule has 0 atom stereocenters. The van der Waals surface area contributed by atoms with Gasteiger partial charge in [0.05, 0.1) is 14.4 Å². The van der Waals surface area contributed by atoms with Crippen LogP contribution in [0.3, 0.4) is 0 Å². The van der Waals surface area contributed by atoms with Crippen LogP contribution >= 0.6 is 27.3 Å². The van der Waals surface area contributed by atoms with Crippen molar-refractivity contribution in [3.05, 3.63) is 38.0 Å². The lowest BCUT2D eigenvalue weighted by atomic mass is 10.1. The number of hydrogen-bond acceptors (Lipinski definition) is 4. The normalized spacial score (nSPS) is 11.8. The minimum absolute atomic E-state index is 0.00356. The molecular formula is C13H16BrN3OS. The summed E-state index contributed by atoms with van der Waals surface area (Å²) in [7, 11) is 0. The summed E-state index contributed by atoms with van der Waals surface area (Å²) in [5.41, 5.74) is 0.620. The number of nitrogens with one attached hydrogen (secondary N) is 2. The van der Waals surface area contributed by atoms with Gasteiger partial charge in [0.25, 0.3) is 5.56 Å². The quantitative estimate of drug-likeness (QED) is 0.901. The zero-order valence-electron chi connectivity index (χ0n) is 11.1. The van der Waals surface area contributed by atoms with Crippen molar-refractivity contribution in [2.75, 3.05) is 0 Å². The van der Waals surface area contributed by atoms with Gasteiger partial charge in [0.2, 0.25) is 0 Å². The molecule has 0 amide bonds. The summed E-state index contributed by atoms with van der Waals surface area (Å²) < 4.78 is 1.02. The lowest BCUT2D eigenvalue weighted by Gasteiger charge is -2.20. The molecule has 6 heteroatoms. The van der Waals surface area contributed by atoms with Crippen molar-refractivity contribution in [1.82, 2.24) is 15.3 Å². The van der Waals surface area contributed by atoms with Crippen molar-refractivity contribution >= 4 is 27.3 Å². The summed E-state index contributed by atoms with van der Waals surface area (Å²) in [6, 6.07) is 5.42. The van der Waals surface area contributed by atoms with Crippen molar-refractivity contribution < 1.29 is 0 Å². The molecule has 0 radical (unpaired) electrons. The summed E-state index contributed by atoms with van der Waals surface area (Å²) in [4.78, 5) is 19.9. The second-order valence-corrected chi connectivity index (χ2v) is 7.76. The number of aromatic nitrogens is 2. The maximum absolute atomic E-state index is 11.7. The number of thiophene rings is 1. The number of halogens is 1. The molecule has 4 nitrogen and oxygen atoms in total. The summed E-state index contributed by atoms with van der Waals surface area (Å²) in [5.74, 6) is 0.619. The Hall–Kier alpha value is -0.980. The van der Waals surface area contributed by atoms with Gasteiger partial charge in [-0.25, -0.2) is 4.98 Å². The summed E-state index contributed by atoms with van der Waals surface area (Å²) >= 11 is 4.96. The highest BCUT2D eigenvalue weighted by molar-refractivity contribution is 9.11. The molecule has 19 heavy (non-hydrogen) atoms. The van der Waals surface area contributed by atoms with E-state index in [4.69, 9.17) is 0 Å². The van der Waals surface area contributed by atoms with Gasteiger partial charge in [-0.2, -0.15) is 0 Å². The molecule has 0 saturated carbocycles. The Morgan fingerprint density at radius 3 is 2.74 bits per heavy atom. The predicted molar refractivity (Wildman–Crippen MR) is 82.5 cm³/mol.